The lowest BCUT2D eigenvalue weighted by molar-refractivity contribution is 0.545. The van der Waals surface area contributed by atoms with Gasteiger partial charge in [-0.15, -0.1) is 0 Å². The summed E-state index contributed by atoms with van der Waals surface area (Å²) < 4.78 is 0. The van der Waals surface area contributed by atoms with Gasteiger partial charge in [0.1, 0.15) is 0 Å². The van der Waals surface area contributed by atoms with E-state index in [0.29, 0.717) is 11.3 Å². The van der Waals surface area contributed by atoms with Gasteiger partial charge in [-0.3, -0.25) is 4.99 Å². The number of rotatable bonds is 6. The molecule has 2 nitrogen and oxygen atoms in total. The fourth-order valence-electron chi connectivity index (χ4n) is 1.72. The molecule has 1 aliphatic rings. The lowest BCUT2D eigenvalue weighted by Crippen LogP contribution is -2.29. The number of hydrogen-bond acceptors (Lipinski definition) is 3. The topological polar surface area (TPSA) is 24.4 Å². The molecule has 0 aliphatic carbocycles. The van der Waals surface area contributed by atoms with Gasteiger partial charge in [0.2, 0.25) is 0 Å². The van der Waals surface area contributed by atoms with Crippen molar-refractivity contribution in [1.82, 2.24) is 5.32 Å². The summed E-state index contributed by atoms with van der Waals surface area (Å²) in [4.78, 5) is 4.47. The Morgan fingerprint density at radius 2 is 2.27 bits per heavy atom. The largest absolute Gasteiger partial charge is 0.362 e. The molecule has 15 heavy (non-hydrogen) atoms. The quantitative estimate of drug-likeness (QED) is 0.704. The fraction of sp³-hybridized carbons (Fsp3) is 0.917. The fourth-order valence-corrected chi connectivity index (χ4v) is 2.66. The summed E-state index contributed by atoms with van der Waals surface area (Å²) in [6, 6.07) is 0.582. The minimum Gasteiger partial charge on any atom is -0.362 e. The molecule has 0 aromatic heterocycles. The average molecular weight is 228 g/mol. The molecule has 2 atom stereocenters. The Morgan fingerprint density at radius 1 is 1.47 bits per heavy atom. The summed E-state index contributed by atoms with van der Waals surface area (Å²) in [5, 5.41) is 5.32. The van der Waals surface area contributed by atoms with Crippen LogP contribution in [0.5, 0.6) is 0 Å². The molecule has 1 rings (SSSR count). The smallest absolute Gasteiger partial charge is 0.157 e. The van der Waals surface area contributed by atoms with E-state index < -0.39 is 0 Å². The van der Waals surface area contributed by atoms with Crippen LogP contribution in [0.25, 0.3) is 0 Å². The Morgan fingerprint density at radius 3 is 2.87 bits per heavy atom. The maximum atomic E-state index is 4.47. The molecular formula is C12H24N2S. The molecule has 3 heteroatoms. The van der Waals surface area contributed by atoms with Crippen LogP contribution < -0.4 is 5.32 Å². The van der Waals surface area contributed by atoms with E-state index in [0.717, 1.165) is 11.7 Å². The van der Waals surface area contributed by atoms with Crippen LogP contribution in [0.4, 0.5) is 0 Å². The predicted molar refractivity (Wildman–Crippen MR) is 70.7 cm³/mol. The van der Waals surface area contributed by atoms with E-state index in [9.17, 15) is 0 Å². The summed E-state index contributed by atoms with van der Waals surface area (Å²) in [5.74, 6) is 0. The molecule has 1 aliphatic heterocycles. The Hall–Kier alpha value is -0.180. The van der Waals surface area contributed by atoms with Crippen molar-refractivity contribution in [2.24, 2.45) is 4.99 Å². The summed E-state index contributed by atoms with van der Waals surface area (Å²) in [7, 11) is 0. The minimum atomic E-state index is 0.582. The van der Waals surface area contributed by atoms with E-state index in [1.165, 1.54) is 32.1 Å². The van der Waals surface area contributed by atoms with Crippen LogP contribution in [-0.4, -0.2) is 23.0 Å². The molecule has 0 bridgehead atoms. The molecule has 1 N–H and O–H groups in total. The first-order valence-corrected chi connectivity index (χ1v) is 7.08. The first kappa shape index (κ1) is 12.9. The van der Waals surface area contributed by atoms with Crippen molar-refractivity contribution < 1.29 is 0 Å². The van der Waals surface area contributed by atoms with Gasteiger partial charge in [0.15, 0.2) is 5.17 Å². The van der Waals surface area contributed by atoms with E-state index in [2.05, 4.69) is 31.1 Å². The van der Waals surface area contributed by atoms with Gasteiger partial charge in [-0.05, 0) is 13.3 Å². The van der Waals surface area contributed by atoms with Crippen LogP contribution in [0.3, 0.4) is 0 Å². The molecule has 0 aromatic carbocycles. The standard InChI is InChI=1S/C12H24N2S/c1-4-5-6-7-8-10(2)14-12-13-9-11(3)15-12/h10-11H,4-9H2,1-3H3,(H,13,14). The van der Waals surface area contributed by atoms with Crippen LogP contribution in [0.1, 0.15) is 52.9 Å². The molecule has 0 radical (unpaired) electrons. The highest BCUT2D eigenvalue weighted by Crippen LogP contribution is 2.19. The summed E-state index contributed by atoms with van der Waals surface area (Å²) >= 11 is 1.88. The second-order valence-electron chi connectivity index (χ2n) is 4.47. The Labute approximate surface area is 98.3 Å². The molecule has 0 spiro atoms. The molecule has 88 valence electrons. The third-order valence-electron chi connectivity index (χ3n) is 2.67. The summed E-state index contributed by atoms with van der Waals surface area (Å²) in [6.45, 7) is 7.73. The second kappa shape index (κ2) is 7.15. The lowest BCUT2D eigenvalue weighted by Gasteiger charge is -2.14. The van der Waals surface area contributed by atoms with Crippen molar-refractivity contribution in [3.05, 3.63) is 0 Å². The third-order valence-corrected chi connectivity index (χ3v) is 3.69. The SMILES string of the molecule is CCCCCCC(C)NC1=NCC(C)S1. The van der Waals surface area contributed by atoms with E-state index in [4.69, 9.17) is 0 Å². The summed E-state index contributed by atoms with van der Waals surface area (Å²) in [5.41, 5.74) is 0. The van der Waals surface area contributed by atoms with Crippen molar-refractivity contribution >= 4 is 16.9 Å². The normalized spacial score (nSPS) is 22.6. The lowest BCUT2D eigenvalue weighted by atomic mass is 10.1. The second-order valence-corrected chi connectivity index (χ2v) is 5.90. The number of amidine groups is 1. The van der Waals surface area contributed by atoms with Gasteiger partial charge in [0, 0.05) is 11.3 Å². The zero-order valence-electron chi connectivity index (χ0n) is 10.3. The van der Waals surface area contributed by atoms with Crippen molar-refractivity contribution in [1.29, 1.82) is 0 Å². The first-order valence-electron chi connectivity index (χ1n) is 6.20. The van der Waals surface area contributed by atoms with Crippen LogP contribution >= 0.6 is 11.8 Å². The zero-order valence-corrected chi connectivity index (χ0v) is 11.1. The van der Waals surface area contributed by atoms with Gasteiger partial charge in [-0.2, -0.15) is 0 Å². The van der Waals surface area contributed by atoms with Gasteiger partial charge in [0.25, 0.3) is 0 Å². The van der Waals surface area contributed by atoms with Crippen molar-refractivity contribution in [2.45, 2.75) is 64.2 Å². The van der Waals surface area contributed by atoms with E-state index in [1.54, 1.807) is 0 Å². The minimum absolute atomic E-state index is 0.582. The number of nitrogens with zero attached hydrogens (tertiary/aromatic N) is 1. The van der Waals surface area contributed by atoms with Gasteiger partial charge >= 0.3 is 0 Å². The molecule has 0 amide bonds. The maximum Gasteiger partial charge on any atom is 0.157 e. The third kappa shape index (κ3) is 5.45. The number of unbranched alkanes of at least 4 members (excludes halogenated alkanes) is 3. The molecule has 0 fully saturated rings. The Bertz CT molecular complexity index is 204. The van der Waals surface area contributed by atoms with Gasteiger partial charge in [-0.25, -0.2) is 0 Å². The average Bonchev–Trinajstić information content (AvgIpc) is 2.59. The number of thioether (sulfide) groups is 1. The summed E-state index contributed by atoms with van der Waals surface area (Å²) in [6.07, 6.45) is 6.68. The number of hydrogen-bond donors (Lipinski definition) is 1. The van der Waals surface area contributed by atoms with Crippen LogP contribution in [0.2, 0.25) is 0 Å². The zero-order chi connectivity index (χ0) is 11.1. The highest BCUT2D eigenvalue weighted by Gasteiger charge is 2.15. The molecule has 0 saturated heterocycles. The van der Waals surface area contributed by atoms with E-state index in [1.807, 2.05) is 11.8 Å². The van der Waals surface area contributed by atoms with E-state index in [-0.39, 0.29) is 0 Å². The van der Waals surface area contributed by atoms with E-state index >= 15 is 0 Å². The molecular weight excluding hydrogens is 204 g/mol. The Balaban J connectivity index is 2.05. The number of nitrogens with one attached hydrogen (secondary N) is 1. The van der Waals surface area contributed by atoms with Gasteiger partial charge in [-0.1, -0.05) is 51.3 Å². The number of aliphatic imine (C=N–C) groups is 1. The molecule has 1 heterocycles. The molecule has 0 aromatic rings. The van der Waals surface area contributed by atoms with Gasteiger partial charge < -0.3 is 5.32 Å². The van der Waals surface area contributed by atoms with Crippen molar-refractivity contribution in [2.75, 3.05) is 6.54 Å². The first-order chi connectivity index (χ1) is 7.22. The highest BCUT2D eigenvalue weighted by molar-refractivity contribution is 8.14. The van der Waals surface area contributed by atoms with Crippen LogP contribution in [0, 0.1) is 0 Å². The molecule has 2 unspecified atom stereocenters. The Kier molecular flexibility index (Phi) is 6.15. The van der Waals surface area contributed by atoms with Crippen LogP contribution in [0.15, 0.2) is 4.99 Å². The van der Waals surface area contributed by atoms with Gasteiger partial charge in [0.05, 0.1) is 6.54 Å². The van der Waals surface area contributed by atoms with Crippen molar-refractivity contribution in [3.8, 4) is 0 Å². The maximum absolute atomic E-state index is 4.47. The highest BCUT2D eigenvalue weighted by atomic mass is 32.2. The van der Waals surface area contributed by atoms with Crippen molar-refractivity contribution in [3.63, 3.8) is 0 Å². The predicted octanol–water partition coefficient (Wildman–Crippen LogP) is 3.43. The molecule has 0 saturated carbocycles. The monoisotopic (exact) mass is 228 g/mol. The van der Waals surface area contributed by atoms with Crippen LogP contribution in [-0.2, 0) is 0 Å².